The lowest BCUT2D eigenvalue weighted by atomic mass is 9.95. The van der Waals surface area contributed by atoms with Crippen molar-refractivity contribution in [3.8, 4) is 0 Å². The third kappa shape index (κ3) is 5.76. The van der Waals surface area contributed by atoms with Crippen molar-refractivity contribution in [1.82, 2.24) is 0 Å². The fourth-order valence-corrected chi connectivity index (χ4v) is 3.13. The predicted molar refractivity (Wildman–Crippen MR) is 99.6 cm³/mol. The van der Waals surface area contributed by atoms with Gasteiger partial charge in [-0.2, -0.15) is 0 Å². The van der Waals surface area contributed by atoms with Crippen LogP contribution >= 0.6 is 0 Å². The molecule has 1 aromatic rings. The van der Waals surface area contributed by atoms with Crippen molar-refractivity contribution in [2.24, 2.45) is 0 Å². The Labute approximate surface area is 173 Å². The van der Waals surface area contributed by atoms with Crippen LogP contribution in [0.25, 0.3) is 0 Å². The summed E-state index contributed by atoms with van der Waals surface area (Å²) in [5, 5.41) is 10.2. The van der Waals surface area contributed by atoms with Crippen LogP contribution in [0.2, 0.25) is 0 Å². The fraction of sp³-hybridized carbons (Fsp3) is 0.550. The lowest BCUT2D eigenvalue weighted by molar-refractivity contribution is -0.408. The second-order valence-electron chi connectivity index (χ2n) is 6.64. The Balaban J connectivity index is 2.46. The number of carbonyl (C=O) groups is 3. The molecule has 1 aliphatic rings. The molecule has 1 saturated heterocycles. The van der Waals surface area contributed by atoms with Gasteiger partial charge in [0.15, 0.2) is 18.3 Å². The summed E-state index contributed by atoms with van der Waals surface area (Å²) in [5.41, 5.74) is 0.746. The molecule has 30 heavy (non-hydrogen) atoms. The first-order valence-electron chi connectivity index (χ1n) is 9.23. The first-order chi connectivity index (χ1) is 14.2. The normalized spacial score (nSPS) is 28.4. The van der Waals surface area contributed by atoms with Crippen molar-refractivity contribution >= 4 is 17.9 Å². The molecule has 10 nitrogen and oxygen atoms in total. The van der Waals surface area contributed by atoms with Crippen molar-refractivity contribution in [3.63, 3.8) is 0 Å². The standard InChI is InChI=1S/C20H26O10/c1-12(22)27-16-17(28-13(2)23)19(25-4)30-20(11-21,18(16)29-14(3)24)26-10-15-8-6-5-7-9-15/h5-9,16-19,21H,10-11H2,1-4H3/t16-,17-,18+,19-,20?/m1/s1. The van der Waals surface area contributed by atoms with Gasteiger partial charge in [0.2, 0.25) is 12.1 Å². The third-order valence-corrected chi connectivity index (χ3v) is 4.32. The molecule has 0 radical (unpaired) electrons. The minimum Gasteiger partial charge on any atom is -0.454 e. The second-order valence-corrected chi connectivity index (χ2v) is 6.64. The Morgan fingerprint density at radius 1 is 0.967 bits per heavy atom. The van der Waals surface area contributed by atoms with Gasteiger partial charge in [-0.05, 0) is 5.56 Å². The summed E-state index contributed by atoms with van der Waals surface area (Å²) in [5.74, 6) is -4.15. The van der Waals surface area contributed by atoms with Crippen molar-refractivity contribution < 1.29 is 47.9 Å². The molecule has 5 atom stereocenters. The first kappa shape index (κ1) is 23.7. The van der Waals surface area contributed by atoms with E-state index in [4.69, 9.17) is 28.4 Å². The monoisotopic (exact) mass is 426 g/mol. The SMILES string of the molecule is CO[C@@H]1OC(CO)(OCc2ccccc2)[C@@H](OC(C)=O)[C@H](OC(C)=O)[C@H]1OC(C)=O. The number of benzene rings is 1. The van der Waals surface area contributed by atoms with Gasteiger partial charge in [-0.25, -0.2) is 0 Å². The average molecular weight is 426 g/mol. The number of hydrogen-bond donors (Lipinski definition) is 1. The van der Waals surface area contributed by atoms with Gasteiger partial charge in [-0.15, -0.1) is 0 Å². The summed E-state index contributed by atoms with van der Waals surface area (Å²) in [4.78, 5) is 35.2. The lowest BCUT2D eigenvalue weighted by Gasteiger charge is -2.49. The molecular formula is C20H26O10. The van der Waals surface area contributed by atoms with Gasteiger partial charge in [-0.3, -0.25) is 14.4 Å². The topological polar surface area (TPSA) is 127 Å². The van der Waals surface area contributed by atoms with Gasteiger partial charge in [0.05, 0.1) is 6.61 Å². The highest BCUT2D eigenvalue weighted by Crippen LogP contribution is 2.37. The molecule has 1 aliphatic heterocycles. The molecule has 0 bridgehead atoms. The van der Waals surface area contributed by atoms with Gasteiger partial charge in [0, 0.05) is 27.9 Å². The molecular weight excluding hydrogens is 400 g/mol. The highest BCUT2D eigenvalue weighted by atomic mass is 16.8. The van der Waals surface area contributed by atoms with Gasteiger partial charge in [0.25, 0.3) is 0 Å². The van der Waals surface area contributed by atoms with E-state index in [2.05, 4.69) is 0 Å². The molecule has 0 amide bonds. The van der Waals surface area contributed by atoms with Crippen LogP contribution in [0.3, 0.4) is 0 Å². The molecule has 0 spiro atoms. The highest BCUT2D eigenvalue weighted by molar-refractivity contribution is 5.68. The zero-order valence-corrected chi connectivity index (χ0v) is 17.2. The van der Waals surface area contributed by atoms with Crippen LogP contribution in [-0.2, 0) is 49.4 Å². The smallest absolute Gasteiger partial charge is 0.303 e. The maximum absolute atomic E-state index is 11.8. The van der Waals surface area contributed by atoms with Crippen LogP contribution < -0.4 is 0 Å². The highest BCUT2D eigenvalue weighted by Gasteiger charge is 2.61. The molecule has 1 unspecified atom stereocenters. The van der Waals surface area contributed by atoms with Crippen LogP contribution in [0.15, 0.2) is 30.3 Å². The largest absolute Gasteiger partial charge is 0.454 e. The van der Waals surface area contributed by atoms with Crippen molar-refractivity contribution in [1.29, 1.82) is 0 Å². The molecule has 10 heteroatoms. The van der Waals surface area contributed by atoms with Crippen LogP contribution in [0.1, 0.15) is 26.3 Å². The van der Waals surface area contributed by atoms with E-state index in [9.17, 15) is 19.5 Å². The molecule has 0 saturated carbocycles. The summed E-state index contributed by atoms with van der Waals surface area (Å²) >= 11 is 0. The second kappa shape index (κ2) is 10.5. The van der Waals surface area contributed by atoms with E-state index in [1.165, 1.54) is 7.11 Å². The van der Waals surface area contributed by atoms with Crippen LogP contribution in [0.4, 0.5) is 0 Å². The molecule has 0 aliphatic carbocycles. The van der Waals surface area contributed by atoms with Crippen LogP contribution in [0.5, 0.6) is 0 Å². The Morgan fingerprint density at radius 3 is 2.03 bits per heavy atom. The number of hydrogen-bond acceptors (Lipinski definition) is 10. The van der Waals surface area contributed by atoms with Crippen LogP contribution in [0, 0.1) is 0 Å². The van der Waals surface area contributed by atoms with Gasteiger partial charge in [-0.1, -0.05) is 30.3 Å². The molecule has 0 aromatic heterocycles. The molecule has 166 valence electrons. The Bertz CT molecular complexity index is 736. The zero-order valence-electron chi connectivity index (χ0n) is 17.2. The Morgan fingerprint density at radius 2 is 1.53 bits per heavy atom. The maximum Gasteiger partial charge on any atom is 0.303 e. The fourth-order valence-electron chi connectivity index (χ4n) is 3.13. The van der Waals surface area contributed by atoms with Gasteiger partial charge >= 0.3 is 17.9 Å². The minimum absolute atomic E-state index is 0.0272. The number of aliphatic hydroxyl groups is 1. The quantitative estimate of drug-likeness (QED) is 0.468. The number of ether oxygens (including phenoxy) is 6. The summed E-state index contributed by atoms with van der Waals surface area (Å²) in [7, 11) is 1.28. The van der Waals surface area contributed by atoms with E-state index < -0.39 is 54.9 Å². The Kier molecular flexibility index (Phi) is 8.30. The van der Waals surface area contributed by atoms with E-state index in [-0.39, 0.29) is 6.61 Å². The number of aliphatic hydroxyl groups excluding tert-OH is 1. The summed E-state index contributed by atoms with van der Waals surface area (Å²) in [6, 6.07) is 8.99. The van der Waals surface area contributed by atoms with Crippen molar-refractivity contribution in [2.75, 3.05) is 13.7 Å². The van der Waals surface area contributed by atoms with Crippen molar-refractivity contribution in [2.45, 2.75) is 57.8 Å². The summed E-state index contributed by atoms with van der Waals surface area (Å²) in [6.07, 6.45) is -5.38. The molecule has 1 fully saturated rings. The molecule has 1 heterocycles. The lowest BCUT2D eigenvalue weighted by Crippen LogP contribution is -2.69. The first-order valence-corrected chi connectivity index (χ1v) is 9.23. The maximum atomic E-state index is 11.8. The molecule has 2 rings (SSSR count). The zero-order chi connectivity index (χ0) is 22.3. The molecule has 1 aromatic carbocycles. The number of methoxy groups -OCH3 is 1. The van der Waals surface area contributed by atoms with Gasteiger partial charge in [0.1, 0.15) is 6.61 Å². The summed E-state index contributed by atoms with van der Waals surface area (Å²) in [6.45, 7) is 2.62. The average Bonchev–Trinajstić information content (AvgIpc) is 2.70. The Hall–Kier alpha value is -2.53. The van der Waals surface area contributed by atoms with Crippen molar-refractivity contribution in [3.05, 3.63) is 35.9 Å². The number of esters is 3. The van der Waals surface area contributed by atoms with Gasteiger partial charge < -0.3 is 33.5 Å². The van der Waals surface area contributed by atoms with E-state index in [0.29, 0.717) is 0 Å². The minimum atomic E-state index is -1.96. The predicted octanol–water partition coefficient (Wildman–Crippen LogP) is 0.690. The summed E-state index contributed by atoms with van der Waals surface area (Å²) < 4.78 is 32.8. The number of carbonyl (C=O) groups excluding carboxylic acids is 3. The van der Waals surface area contributed by atoms with E-state index in [1.54, 1.807) is 24.3 Å². The third-order valence-electron chi connectivity index (χ3n) is 4.32. The van der Waals surface area contributed by atoms with E-state index >= 15 is 0 Å². The van der Waals surface area contributed by atoms with E-state index in [1.807, 2.05) is 6.07 Å². The van der Waals surface area contributed by atoms with E-state index in [0.717, 1.165) is 26.3 Å². The number of rotatable bonds is 8. The molecule has 1 N–H and O–H groups in total. The van der Waals surface area contributed by atoms with Crippen LogP contribution in [-0.4, -0.2) is 67.1 Å².